The maximum Gasteiger partial charge on any atom is 0.314 e. The van der Waals surface area contributed by atoms with Gasteiger partial charge in [0.05, 0.1) is 0 Å². The van der Waals surface area contributed by atoms with Gasteiger partial charge in [0.2, 0.25) is 0 Å². The molecule has 0 heterocycles. The molecule has 0 saturated heterocycles. The lowest BCUT2D eigenvalue weighted by Gasteiger charge is -1.79. The van der Waals surface area contributed by atoms with Crippen LogP contribution >= 0.6 is 23.2 Å². The molecule has 2 radical (unpaired) electrons. The molecule has 5 heavy (non-hydrogen) atoms. The molecule has 0 saturated carbocycles. The van der Waals surface area contributed by atoms with Gasteiger partial charge in [-0.15, -0.1) is 0 Å². The Hall–Kier alpha value is 0.500. The summed E-state index contributed by atoms with van der Waals surface area (Å²) in [4.78, 5) is 2.95. The number of hydrogen-bond acceptors (Lipinski definition) is 1. The van der Waals surface area contributed by atoms with Crippen molar-refractivity contribution < 1.29 is 10.1 Å². The summed E-state index contributed by atoms with van der Waals surface area (Å²) in [7, 11) is 0. The Morgan fingerprint density at radius 3 is 1.80 bits per heavy atom. The molecule has 0 aliphatic carbocycles. The van der Waals surface area contributed by atoms with Gasteiger partial charge in [-0.2, -0.15) is 4.89 Å². The monoisotopic (exact) mass is 114 g/mol. The first-order valence-corrected chi connectivity index (χ1v) is 1.50. The molecule has 0 aromatic carbocycles. The second-order valence-corrected chi connectivity index (χ2v) is 1.19. The lowest BCUT2D eigenvalue weighted by molar-refractivity contribution is -0.272. The molecule has 0 aliphatic heterocycles. The molecule has 0 atom stereocenters. The average molecular weight is 115 g/mol. The summed E-state index contributed by atoms with van der Waals surface area (Å²) in [6, 6.07) is 0. The fourth-order valence-electron chi connectivity index (χ4n) is 0. The van der Waals surface area contributed by atoms with Crippen molar-refractivity contribution in [2.24, 2.45) is 0 Å². The van der Waals surface area contributed by atoms with Crippen LogP contribution in [0, 0.1) is 5.02 Å². The first kappa shape index (κ1) is 5.50. The largest absolute Gasteiger partial charge is 0.314 e. The average Bonchev–Trinajstić information content (AvgIpc) is 1.38. The molecule has 0 aromatic heterocycles. The van der Waals surface area contributed by atoms with Crippen LogP contribution in [-0.4, -0.2) is 0 Å². The Kier molecular flexibility index (Phi) is 2.99. The van der Waals surface area contributed by atoms with Gasteiger partial charge in [-0.05, 0) is 5.26 Å². The van der Waals surface area contributed by atoms with Crippen molar-refractivity contribution >= 4 is 23.2 Å². The van der Waals surface area contributed by atoms with Crippen LogP contribution in [0.1, 0.15) is 0 Å². The van der Waals surface area contributed by atoms with Crippen LogP contribution in [0.3, 0.4) is 0 Å². The van der Waals surface area contributed by atoms with Crippen LogP contribution in [0.25, 0.3) is 0 Å². The third-order valence-corrected chi connectivity index (χ3v) is 0.189. The van der Waals surface area contributed by atoms with Crippen LogP contribution in [0.15, 0.2) is 0 Å². The minimum atomic E-state index is -0.606. The highest BCUT2D eigenvalue weighted by Crippen LogP contribution is 2.09. The Bertz CT molecular complexity index is 21.6. The predicted octanol–water partition coefficient (Wildman–Crippen LogP) is 1.27. The van der Waals surface area contributed by atoms with Crippen LogP contribution in [0.5, 0.6) is 0 Å². The molecule has 0 bridgehead atoms. The molecule has 0 N–H and O–H groups in total. The highest BCUT2D eigenvalue weighted by Gasteiger charge is 1.94. The quantitative estimate of drug-likeness (QED) is 0.373. The van der Waals surface area contributed by atoms with Crippen LogP contribution < -0.4 is 0 Å². The Balaban J connectivity index is 2.54. The molecule has 0 aliphatic rings. The van der Waals surface area contributed by atoms with E-state index in [0.717, 1.165) is 0 Å². The van der Waals surface area contributed by atoms with Crippen LogP contribution in [0.4, 0.5) is 0 Å². The number of rotatable bonds is 1. The SMILES string of the molecule is [O]O[C](Cl)Cl. The van der Waals surface area contributed by atoms with Crippen molar-refractivity contribution in [2.45, 2.75) is 0 Å². The molecule has 0 aromatic rings. The highest BCUT2D eigenvalue weighted by atomic mass is 35.5. The van der Waals surface area contributed by atoms with E-state index in [2.05, 4.69) is 28.1 Å². The molecule has 0 rings (SSSR count). The maximum absolute atomic E-state index is 8.83. The minimum absolute atomic E-state index is 0.606. The lowest BCUT2D eigenvalue weighted by Crippen LogP contribution is -1.72. The Labute approximate surface area is 39.2 Å². The molecule has 30 valence electrons. The smallest absolute Gasteiger partial charge is 0.158 e. The fourth-order valence-corrected chi connectivity index (χ4v) is 0. The molecule has 4 heteroatoms. The van der Waals surface area contributed by atoms with E-state index in [9.17, 15) is 0 Å². The van der Waals surface area contributed by atoms with Gasteiger partial charge in [-0.1, -0.05) is 23.2 Å². The standard InChI is InChI=1S/CCl2O2/c2-1(3)5-4. The van der Waals surface area contributed by atoms with Crippen LogP contribution in [-0.2, 0) is 10.1 Å². The third kappa shape index (κ3) is 4.50. The van der Waals surface area contributed by atoms with Gasteiger partial charge in [0.1, 0.15) is 0 Å². The van der Waals surface area contributed by atoms with E-state index in [1.54, 1.807) is 0 Å². The lowest BCUT2D eigenvalue weighted by atomic mass is 11.7. The number of halogens is 2. The zero-order valence-corrected chi connectivity index (χ0v) is 3.58. The van der Waals surface area contributed by atoms with E-state index in [1.165, 1.54) is 0 Å². The van der Waals surface area contributed by atoms with Crippen molar-refractivity contribution in [3.63, 3.8) is 0 Å². The van der Waals surface area contributed by atoms with Crippen molar-refractivity contribution in [3.8, 4) is 0 Å². The topological polar surface area (TPSA) is 29.1 Å². The molecule has 0 amide bonds. The molecule has 2 nitrogen and oxygen atoms in total. The van der Waals surface area contributed by atoms with Crippen molar-refractivity contribution in [2.75, 3.05) is 0 Å². The van der Waals surface area contributed by atoms with Crippen molar-refractivity contribution in [1.29, 1.82) is 0 Å². The van der Waals surface area contributed by atoms with E-state index in [-0.39, 0.29) is 0 Å². The number of hydrogen-bond donors (Lipinski definition) is 0. The minimum Gasteiger partial charge on any atom is -0.158 e. The van der Waals surface area contributed by atoms with Gasteiger partial charge in [-0.3, -0.25) is 0 Å². The summed E-state index contributed by atoms with van der Waals surface area (Å²) in [6.07, 6.45) is 0. The molecular weight excluding hydrogens is 115 g/mol. The summed E-state index contributed by atoms with van der Waals surface area (Å²) in [6.45, 7) is 0. The van der Waals surface area contributed by atoms with Crippen molar-refractivity contribution in [3.05, 3.63) is 5.02 Å². The van der Waals surface area contributed by atoms with E-state index >= 15 is 0 Å². The van der Waals surface area contributed by atoms with E-state index in [1.807, 2.05) is 0 Å². The summed E-state index contributed by atoms with van der Waals surface area (Å²) in [5.74, 6) is 0. The second kappa shape index (κ2) is 2.72. The van der Waals surface area contributed by atoms with Crippen LogP contribution in [0.2, 0.25) is 0 Å². The van der Waals surface area contributed by atoms with Crippen molar-refractivity contribution in [1.82, 2.24) is 0 Å². The van der Waals surface area contributed by atoms with Gasteiger partial charge in [0.15, 0.2) is 0 Å². The first-order chi connectivity index (χ1) is 2.27. The highest BCUT2D eigenvalue weighted by molar-refractivity contribution is 6.51. The fraction of sp³-hybridized carbons (Fsp3) is 0. The molecular formula is CCl2O2. The van der Waals surface area contributed by atoms with Gasteiger partial charge in [0, 0.05) is 0 Å². The summed E-state index contributed by atoms with van der Waals surface area (Å²) in [5.41, 5.74) is 0. The van der Waals surface area contributed by atoms with E-state index in [0.29, 0.717) is 0 Å². The molecule has 0 spiro atoms. The second-order valence-electron chi connectivity index (χ2n) is 0.309. The van der Waals surface area contributed by atoms with E-state index < -0.39 is 5.02 Å². The van der Waals surface area contributed by atoms with Gasteiger partial charge in [0.25, 0.3) is 0 Å². The zero-order chi connectivity index (χ0) is 4.28. The molecule has 0 fully saturated rings. The Morgan fingerprint density at radius 2 is 1.80 bits per heavy atom. The third-order valence-electron chi connectivity index (χ3n) is 0.0630. The zero-order valence-electron chi connectivity index (χ0n) is 2.07. The normalized spacial score (nSPS) is 9.60. The summed E-state index contributed by atoms with van der Waals surface area (Å²) < 4.78 is 0. The van der Waals surface area contributed by atoms with Gasteiger partial charge < -0.3 is 0 Å². The molecule has 0 unspecified atom stereocenters. The predicted molar refractivity (Wildman–Crippen MR) is 16.7 cm³/mol. The maximum atomic E-state index is 8.83. The summed E-state index contributed by atoms with van der Waals surface area (Å²) in [5, 5.41) is 8.22. The van der Waals surface area contributed by atoms with Gasteiger partial charge in [-0.25, -0.2) is 0 Å². The van der Waals surface area contributed by atoms with E-state index in [4.69, 9.17) is 5.26 Å². The Morgan fingerprint density at radius 1 is 1.60 bits per heavy atom. The first-order valence-electron chi connectivity index (χ1n) is 0.749. The van der Waals surface area contributed by atoms with Gasteiger partial charge >= 0.3 is 5.02 Å². The summed E-state index contributed by atoms with van der Waals surface area (Å²) >= 11 is 9.22.